The first kappa shape index (κ1) is 16.3. The highest BCUT2D eigenvalue weighted by atomic mass is 15.2. The summed E-state index contributed by atoms with van der Waals surface area (Å²) in [6.45, 7) is 6.75. The first-order valence-corrected chi connectivity index (χ1v) is 7.31. The van der Waals surface area contributed by atoms with Crippen molar-refractivity contribution >= 4 is 11.8 Å². The summed E-state index contributed by atoms with van der Waals surface area (Å²) in [5.74, 6) is 1.84. The first-order valence-electron chi connectivity index (χ1n) is 7.31. The van der Waals surface area contributed by atoms with Crippen molar-refractivity contribution in [1.29, 1.82) is 0 Å². The van der Waals surface area contributed by atoms with Gasteiger partial charge in [-0.2, -0.15) is 0 Å². The van der Waals surface area contributed by atoms with Gasteiger partial charge < -0.3 is 15.5 Å². The van der Waals surface area contributed by atoms with E-state index in [0.717, 1.165) is 36.9 Å². The molecular weight excluding hydrogens is 250 g/mol. The number of unbranched alkanes of at least 4 members (excludes halogenated alkanes) is 1. The Bertz CT molecular complexity index is 414. The molecule has 0 amide bonds. The Hall–Kier alpha value is -1.78. The molecule has 2 N–H and O–H groups in total. The van der Waals surface area contributed by atoms with Crippen LogP contribution in [0.3, 0.4) is 0 Å². The topological polar surface area (TPSA) is 52.6 Å². The van der Waals surface area contributed by atoms with Gasteiger partial charge in [-0.25, -0.2) is 9.98 Å². The van der Waals surface area contributed by atoms with Gasteiger partial charge in [-0.05, 0) is 31.0 Å². The Labute approximate surface area is 122 Å². The standard InChI is InChI=1S/C15H27N5/c1-5-7-9-18-15(16-6-2)19-12-13-8-10-17-14(11-13)20(3)4/h8,10-11H,5-7,9,12H2,1-4H3,(H2,16,18,19). The Morgan fingerprint density at radius 1 is 1.30 bits per heavy atom. The number of hydrogen-bond acceptors (Lipinski definition) is 3. The van der Waals surface area contributed by atoms with Crippen molar-refractivity contribution in [3.63, 3.8) is 0 Å². The predicted octanol–water partition coefficient (Wildman–Crippen LogP) is 2.00. The summed E-state index contributed by atoms with van der Waals surface area (Å²) in [4.78, 5) is 10.9. The fourth-order valence-electron chi connectivity index (χ4n) is 1.70. The molecule has 0 spiro atoms. The van der Waals surface area contributed by atoms with Gasteiger partial charge in [0.05, 0.1) is 6.54 Å². The lowest BCUT2D eigenvalue weighted by molar-refractivity contribution is 0.730. The third-order valence-corrected chi connectivity index (χ3v) is 2.85. The summed E-state index contributed by atoms with van der Waals surface area (Å²) < 4.78 is 0. The van der Waals surface area contributed by atoms with E-state index in [1.807, 2.05) is 31.3 Å². The van der Waals surface area contributed by atoms with Crippen LogP contribution < -0.4 is 15.5 Å². The van der Waals surface area contributed by atoms with E-state index >= 15 is 0 Å². The third-order valence-electron chi connectivity index (χ3n) is 2.85. The average molecular weight is 277 g/mol. The fraction of sp³-hybridized carbons (Fsp3) is 0.600. The molecule has 20 heavy (non-hydrogen) atoms. The van der Waals surface area contributed by atoms with E-state index < -0.39 is 0 Å². The van der Waals surface area contributed by atoms with E-state index in [1.165, 1.54) is 6.42 Å². The number of nitrogens with one attached hydrogen (secondary N) is 2. The van der Waals surface area contributed by atoms with Crippen molar-refractivity contribution in [3.8, 4) is 0 Å². The number of hydrogen-bond donors (Lipinski definition) is 2. The van der Waals surface area contributed by atoms with E-state index in [2.05, 4.69) is 40.5 Å². The van der Waals surface area contributed by atoms with E-state index in [4.69, 9.17) is 0 Å². The SMILES string of the molecule is CCCCNC(=NCc1ccnc(N(C)C)c1)NCC. The number of nitrogens with zero attached hydrogens (tertiary/aromatic N) is 3. The molecule has 0 fully saturated rings. The lowest BCUT2D eigenvalue weighted by Gasteiger charge is -2.13. The Morgan fingerprint density at radius 3 is 2.75 bits per heavy atom. The zero-order chi connectivity index (χ0) is 14.8. The molecule has 1 aromatic rings. The highest BCUT2D eigenvalue weighted by Crippen LogP contribution is 2.10. The number of anilines is 1. The molecular formula is C15H27N5. The van der Waals surface area contributed by atoms with Crippen LogP contribution in [-0.2, 0) is 6.54 Å². The van der Waals surface area contributed by atoms with Gasteiger partial charge in [0.2, 0.25) is 0 Å². The van der Waals surface area contributed by atoms with Gasteiger partial charge in [0.15, 0.2) is 5.96 Å². The van der Waals surface area contributed by atoms with Crippen molar-refractivity contribution in [2.45, 2.75) is 33.2 Å². The Kier molecular flexibility index (Phi) is 7.47. The van der Waals surface area contributed by atoms with Gasteiger partial charge in [-0.3, -0.25) is 0 Å². The molecule has 0 aromatic carbocycles. The minimum absolute atomic E-state index is 0.658. The number of rotatable bonds is 7. The van der Waals surface area contributed by atoms with Crippen LogP contribution >= 0.6 is 0 Å². The van der Waals surface area contributed by atoms with Crippen LogP contribution in [0.1, 0.15) is 32.3 Å². The van der Waals surface area contributed by atoms with Gasteiger partial charge in [-0.15, -0.1) is 0 Å². The van der Waals surface area contributed by atoms with Crippen molar-refractivity contribution in [3.05, 3.63) is 23.9 Å². The molecule has 0 saturated carbocycles. The molecule has 0 unspecified atom stereocenters. The summed E-state index contributed by atoms with van der Waals surface area (Å²) in [5.41, 5.74) is 1.16. The van der Waals surface area contributed by atoms with Crippen LogP contribution in [0.2, 0.25) is 0 Å². The molecule has 1 heterocycles. The molecule has 0 aliphatic rings. The quantitative estimate of drug-likeness (QED) is 0.455. The minimum Gasteiger partial charge on any atom is -0.363 e. The molecule has 5 nitrogen and oxygen atoms in total. The molecule has 112 valence electrons. The van der Waals surface area contributed by atoms with Gasteiger partial charge in [0.25, 0.3) is 0 Å². The molecule has 1 aromatic heterocycles. The van der Waals surface area contributed by atoms with Gasteiger partial charge >= 0.3 is 0 Å². The molecule has 0 saturated heterocycles. The third kappa shape index (κ3) is 5.91. The zero-order valence-electron chi connectivity index (χ0n) is 13.1. The lowest BCUT2D eigenvalue weighted by atomic mass is 10.2. The fourth-order valence-corrected chi connectivity index (χ4v) is 1.70. The van der Waals surface area contributed by atoms with Crippen molar-refractivity contribution in [1.82, 2.24) is 15.6 Å². The monoisotopic (exact) mass is 277 g/mol. The summed E-state index contributed by atoms with van der Waals surface area (Å²) >= 11 is 0. The van der Waals surface area contributed by atoms with Crippen LogP contribution in [0.4, 0.5) is 5.82 Å². The van der Waals surface area contributed by atoms with E-state index in [9.17, 15) is 0 Å². The molecule has 0 radical (unpaired) electrons. The molecule has 0 aliphatic heterocycles. The maximum atomic E-state index is 4.60. The van der Waals surface area contributed by atoms with Crippen LogP contribution in [0.15, 0.2) is 23.3 Å². The molecule has 0 atom stereocenters. The van der Waals surface area contributed by atoms with Crippen molar-refractivity contribution in [2.24, 2.45) is 4.99 Å². The second kappa shape index (κ2) is 9.18. The number of pyridine rings is 1. The number of guanidine groups is 1. The van der Waals surface area contributed by atoms with Crippen LogP contribution in [0.5, 0.6) is 0 Å². The van der Waals surface area contributed by atoms with E-state index in [-0.39, 0.29) is 0 Å². The summed E-state index contributed by atoms with van der Waals surface area (Å²) in [5, 5.41) is 6.60. The lowest BCUT2D eigenvalue weighted by Crippen LogP contribution is -2.37. The molecule has 1 rings (SSSR count). The zero-order valence-corrected chi connectivity index (χ0v) is 13.1. The Morgan fingerprint density at radius 2 is 2.10 bits per heavy atom. The second-order valence-electron chi connectivity index (χ2n) is 4.89. The summed E-state index contributed by atoms with van der Waals surface area (Å²) in [7, 11) is 3.98. The first-order chi connectivity index (χ1) is 9.67. The van der Waals surface area contributed by atoms with Crippen molar-refractivity contribution < 1.29 is 0 Å². The van der Waals surface area contributed by atoms with E-state index in [1.54, 1.807) is 0 Å². The number of aromatic nitrogens is 1. The minimum atomic E-state index is 0.658. The average Bonchev–Trinajstić information content (AvgIpc) is 2.45. The molecule has 0 aliphatic carbocycles. The maximum Gasteiger partial charge on any atom is 0.191 e. The Balaban J connectivity index is 2.63. The van der Waals surface area contributed by atoms with Gasteiger partial charge in [-0.1, -0.05) is 13.3 Å². The van der Waals surface area contributed by atoms with Crippen LogP contribution in [0, 0.1) is 0 Å². The summed E-state index contributed by atoms with van der Waals surface area (Å²) in [6, 6.07) is 4.07. The number of aliphatic imine (C=N–C) groups is 1. The predicted molar refractivity (Wildman–Crippen MR) is 86.3 cm³/mol. The highest BCUT2D eigenvalue weighted by Gasteiger charge is 2.00. The molecule has 5 heteroatoms. The van der Waals surface area contributed by atoms with E-state index in [0.29, 0.717) is 6.54 Å². The molecule has 0 bridgehead atoms. The van der Waals surface area contributed by atoms with Crippen LogP contribution in [0.25, 0.3) is 0 Å². The van der Waals surface area contributed by atoms with Crippen LogP contribution in [-0.4, -0.2) is 38.1 Å². The highest BCUT2D eigenvalue weighted by molar-refractivity contribution is 5.79. The smallest absolute Gasteiger partial charge is 0.191 e. The normalized spacial score (nSPS) is 11.3. The van der Waals surface area contributed by atoms with Gasteiger partial charge in [0, 0.05) is 33.4 Å². The maximum absolute atomic E-state index is 4.60. The van der Waals surface area contributed by atoms with Gasteiger partial charge in [0.1, 0.15) is 5.82 Å². The largest absolute Gasteiger partial charge is 0.363 e. The summed E-state index contributed by atoms with van der Waals surface area (Å²) in [6.07, 6.45) is 4.17. The second-order valence-corrected chi connectivity index (χ2v) is 4.89. The van der Waals surface area contributed by atoms with Crippen molar-refractivity contribution in [2.75, 3.05) is 32.1 Å².